The second-order valence-corrected chi connectivity index (χ2v) is 9.12. The number of hydrogen-bond donors (Lipinski definition) is 2. The molecule has 2 heterocycles. The molecule has 0 bridgehead atoms. The molecule has 6 nitrogen and oxygen atoms in total. The minimum Gasteiger partial charge on any atom is -0.377 e. The van der Waals surface area contributed by atoms with E-state index in [1.165, 1.54) is 31.2 Å². The standard InChI is InChI=1S/C23H34N4O2.HI/c1-24-22(26-20-19-8-12-29-21(19)23(20)9-5-10-23)25-14-18-16-27(11-13-28-18)15-17-6-3-2-4-7-17;/h2-4,6-7,18-21H,5,8-16H2,1H3,(H2,24,25,26);1H. The van der Waals surface area contributed by atoms with Crippen molar-refractivity contribution < 1.29 is 9.47 Å². The van der Waals surface area contributed by atoms with Crippen molar-refractivity contribution in [2.75, 3.05) is 39.9 Å². The molecule has 30 heavy (non-hydrogen) atoms. The van der Waals surface area contributed by atoms with Gasteiger partial charge in [0.25, 0.3) is 0 Å². The van der Waals surface area contributed by atoms with Crippen molar-refractivity contribution in [2.24, 2.45) is 16.3 Å². The summed E-state index contributed by atoms with van der Waals surface area (Å²) >= 11 is 0. The van der Waals surface area contributed by atoms with Gasteiger partial charge in [0, 0.05) is 57.2 Å². The van der Waals surface area contributed by atoms with Crippen molar-refractivity contribution in [3.05, 3.63) is 35.9 Å². The molecule has 4 fully saturated rings. The minimum atomic E-state index is 0. The maximum atomic E-state index is 6.05. The lowest BCUT2D eigenvalue weighted by atomic mass is 9.46. The SMILES string of the molecule is CN=C(NCC1CN(Cc2ccccc2)CCO1)NC1C2CCOC2C12CCC2.I. The fourth-order valence-electron chi connectivity index (χ4n) is 5.90. The Kier molecular flexibility index (Phi) is 7.22. The quantitative estimate of drug-likeness (QED) is 0.351. The maximum absolute atomic E-state index is 6.05. The van der Waals surface area contributed by atoms with Crippen LogP contribution in [0.2, 0.25) is 0 Å². The van der Waals surface area contributed by atoms with E-state index in [1.807, 2.05) is 7.05 Å². The molecule has 2 N–H and O–H groups in total. The predicted molar refractivity (Wildman–Crippen MR) is 129 cm³/mol. The maximum Gasteiger partial charge on any atom is 0.191 e. The van der Waals surface area contributed by atoms with Crippen molar-refractivity contribution in [1.29, 1.82) is 0 Å². The molecule has 0 radical (unpaired) electrons. The number of hydrogen-bond acceptors (Lipinski definition) is 4. The summed E-state index contributed by atoms with van der Waals surface area (Å²) in [4.78, 5) is 6.99. The highest BCUT2D eigenvalue weighted by molar-refractivity contribution is 14.0. The van der Waals surface area contributed by atoms with Crippen LogP contribution in [0.5, 0.6) is 0 Å². The van der Waals surface area contributed by atoms with Crippen LogP contribution in [0.1, 0.15) is 31.2 Å². The second kappa shape index (κ2) is 9.71. The predicted octanol–water partition coefficient (Wildman–Crippen LogP) is 2.63. The zero-order valence-electron chi connectivity index (χ0n) is 17.9. The summed E-state index contributed by atoms with van der Waals surface area (Å²) in [6.07, 6.45) is 5.78. The molecule has 1 aromatic carbocycles. The van der Waals surface area contributed by atoms with Crippen LogP contribution in [-0.4, -0.2) is 69.0 Å². The van der Waals surface area contributed by atoms with E-state index in [0.717, 1.165) is 45.4 Å². The van der Waals surface area contributed by atoms with Crippen molar-refractivity contribution in [3.8, 4) is 0 Å². The monoisotopic (exact) mass is 526 g/mol. The largest absolute Gasteiger partial charge is 0.377 e. The van der Waals surface area contributed by atoms with Crippen LogP contribution in [0, 0.1) is 11.3 Å². The van der Waals surface area contributed by atoms with E-state index in [9.17, 15) is 0 Å². The molecule has 2 saturated heterocycles. The van der Waals surface area contributed by atoms with Gasteiger partial charge < -0.3 is 20.1 Å². The smallest absolute Gasteiger partial charge is 0.191 e. The van der Waals surface area contributed by atoms with E-state index < -0.39 is 0 Å². The third-order valence-corrected chi connectivity index (χ3v) is 7.52. The number of rotatable bonds is 5. The summed E-state index contributed by atoms with van der Waals surface area (Å²) in [5, 5.41) is 7.28. The van der Waals surface area contributed by atoms with Gasteiger partial charge in [0.1, 0.15) is 0 Å². The van der Waals surface area contributed by atoms with E-state index in [-0.39, 0.29) is 30.1 Å². The Labute approximate surface area is 197 Å². The van der Waals surface area contributed by atoms with Gasteiger partial charge >= 0.3 is 0 Å². The van der Waals surface area contributed by atoms with E-state index in [0.29, 0.717) is 23.5 Å². The molecule has 4 unspecified atom stereocenters. The van der Waals surface area contributed by atoms with Gasteiger partial charge in [0.2, 0.25) is 0 Å². The average Bonchev–Trinajstić information content (AvgIpc) is 3.13. The van der Waals surface area contributed by atoms with Gasteiger partial charge in [-0.15, -0.1) is 24.0 Å². The zero-order chi connectivity index (χ0) is 19.7. The number of aliphatic imine (C=N–C) groups is 1. The van der Waals surface area contributed by atoms with Gasteiger partial charge in [0.05, 0.1) is 18.8 Å². The van der Waals surface area contributed by atoms with E-state index in [2.05, 4.69) is 50.9 Å². The molecule has 5 rings (SSSR count). The van der Waals surface area contributed by atoms with Gasteiger partial charge in [-0.1, -0.05) is 36.8 Å². The van der Waals surface area contributed by atoms with E-state index >= 15 is 0 Å². The number of nitrogens with one attached hydrogen (secondary N) is 2. The van der Waals surface area contributed by atoms with Crippen molar-refractivity contribution in [2.45, 2.75) is 50.5 Å². The first-order chi connectivity index (χ1) is 14.3. The van der Waals surface area contributed by atoms with Crippen LogP contribution in [0.15, 0.2) is 35.3 Å². The number of fused-ring (bicyclic) bond motifs is 2. The van der Waals surface area contributed by atoms with Crippen molar-refractivity contribution in [1.82, 2.24) is 15.5 Å². The fourth-order valence-corrected chi connectivity index (χ4v) is 5.90. The molecule has 4 atom stereocenters. The minimum absolute atomic E-state index is 0. The Hall–Kier alpha value is -0.900. The lowest BCUT2D eigenvalue weighted by Crippen LogP contribution is -2.72. The van der Waals surface area contributed by atoms with Gasteiger partial charge in [-0.05, 0) is 24.8 Å². The number of benzene rings is 1. The molecule has 0 amide bonds. The summed E-state index contributed by atoms with van der Waals surface area (Å²) in [5.74, 6) is 1.57. The first-order valence-electron chi connectivity index (χ1n) is 11.3. The van der Waals surface area contributed by atoms with E-state index in [4.69, 9.17) is 9.47 Å². The summed E-state index contributed by atoms with van der Waals surface area (Å²) in [5.41, 5.74) is 1.73. The topological polar surface area (TPSA) is 58.1 Å². The summed E-state index contributed by atoms with van der Waals surface area (Å²) in [7, 11) is 1.87. The Morgan fingerprint density at radius 3 is 2.77 bits per heavy atom. The lowest BCUT2D eigenvalue weighted by Gasteiger charge is -2.63. The van der Waals surface area contributed by atoms with E-state index in [1.54, 1.807) is 0 Å². The molecule has 0 aromatic heterocycles. The van der Waals surface area contributed by atoms with Gasteiger partial charge in [-0.25, -0.2) is 0 Å². The van der Waals surface area contributed by atoms with Gasteiger partial charge in [-0.2, -0.15) is 0 Å². The lowest BCUT2D eigenvalue weighted by molar-refractivity contribution is -0.171. The molecular formula is C23H35IN4O2. The zero-order valence-corrected chi connectivity index (χ0v) is 20.2. The highest BCUT2D eigenvalue weighted by Gasteiger charge is 2.66. The number of morpholine rings is 1. The van der Waals surface area contributed by atoms with Crippen LogP contribution in [0.25, 0.3) is 0 Å². The second-order valence-electron chi connectivity index (χ2n) is 9.12. The van der Waals surface area contributed by atoms with Gasteiger partial charge in [0.15, 0.2) is 5.96 Å². The molecule has 2 saturated carbocycles. The third-order valence-electron chi connectivity index (χ3n) is 7.52. The van der Waals surface area contributed by atoms with Gasteiger partial charge in [-0.3, -0.25) is 9.89 Å². The number of guanidine groups is 1. The Bertz CT molecular complexity index is 727. The Balaban J connectivity index is 0.00000218. The molecule has 1 spiro atoms. The molecule has 1 aromatic rings. The molecular weight excluding hydrogens is 491 g/mol. The first-order valence-corrected chi connectivity index (χ1v) is 11.3. The number of halogens is 1. The molecule has 4 aliphatic rings. The van der Waals surface area contributed by atoms with Crippen LogP contribution in [0.4, 0.5) is 0 Å². The molecule has 2 aliphatic carbocycles. The summed E-state index contributed by atoms with van der Waals surface area (Å²) in [6.45, 7) is 5.43. The van der Waals surface area contributed by atoms with Crippen LogP contribution < -0.4 is 10.6 Å². The highest BCUT2D eigenvalue weighted by atomic mass is 127. The normalized spacial score (nSPS) is 32.5. The van der Waals surface area contributed by atoms with Crippen molar-refractivity contribution >= 4 is 29.9 Å². The molecule has 166 valence electrons. The highest BCUT2D eigenvalue weighted by Crippen LogP contribution is 2.62. The Morgan fingerprint density at radius 2 is 2.03 bits per heavy atom. The van der Waals surface area contributed by atoms with Crippen LogP contribution >= 0.6 is 24.0 Å². The van der Waals surface area contributed by atoms with Crippen molar-refractivity contribution in [3.63, 3.8) is 0 Å². The summed E-state index contributed by atoms with van der Waals surface area (Å²) in [6, 6.07) is 11.2. The fraction of sp³-hybridized carbons (Fsp3) is 0.696. The first kappa shape index (κ1) is 22.3. The number of nitrogens with zero attached hydrogens (tertiary/aromatic N) is 2. The average molecular weight is 526 g/mol. The Morgan fingerprint density at radius 1 is 1.20 bits per heavy atom. The van der Waals surface area contributed by atoms with Crippen LogP contribution in [0.3, 0.4) is 0 Å². The third kappa shape index (κ3) is 4.23. The summed E-state index contributed by atoms with van der Waals surface area (Å²) < 4.78 is 12.1. The molecule has 7 heteroatoms. The number of ether oxygens (including phenoxy) is 2. The van der Waals surface area contributed by atoms with Crippen LogP contribution in [-0.2, 0) is 16.0 Å². The molecule has 2 aliphatic heterocycles.